The third-order valence-electron chi connectivity index (χ3n) is 5.46. The fourth-order valence-corrected chi connectivity index (χ4v) is 5.10. The first kappa shape index (κ1) is 22.5. The van der Waals surface area contributed by atoms with Gasteiger partial charge in [-0.3, -0.25) is 14.9 Å². The van der Waals surface area contributed by atoms with E-state index in [9.17, 15) is 14.9 Å². The molecule has 1 heterocycles. The number of carbonyl (C=O) groups excluding carboxylic acids is 1. The summed E-state index contributed by atoms with van der Waals surface area (Å²) in [6.07, 6.45) is 5.21. The van der Waals surface area contributed by atoms with Crippen molar-refractivity contribution in [1.29, 1.82) is 0 Å². The number of carbonyl (C=O) groups is 1. The quantitative estimate of drug-likeness (QED) is 0.280. The molecule has 0 atom stereocenters. The average Bonchev–Trinajstić information content (AvgIpc) is 3.21. The summed E-state index contributed by atoms with van der Waals surface area (Å²) >= 11 is 1.47. The van der Waals surface area contributed by atoms with Crippen LogP contribution in [0.2, 0.25) is 0 Å². The molecule has 0 bridgehead atoms. The van der Waals surface area contributed by atoms with Gasteiger partial charge in [-0.1, -0.05) is 18.2 Å². The maximum Gasteiger partial charge on any atom is 0.282 e. The third kappa shape index (κ3) is 4.73. The maximum atomic E-state index is 13.2. The predicted octanol–water partition coefficient (Wildman–Crippen LogP) is 5.56. The van der Waals surface area contributed by atoms with Gasteiger partial charge in [-0.15, -0.1) is 11.3 Å². The molecule has 0 fully saturated rings. The van der Waals surface area contributed by atoms with Crippen molar-refractivity contribution >= 4 is 39.8 Å². The van der Waals surface area contributed by atoms with Crippen molar-refractivity contribution in [2.24, 2.45) is 4.99 Å². The van der Waals surface area contributed by atoms with Crippen LogP contribution in [0.1, 0.15) is 39.2 Å². The Morgan fingerprint density at radius 3 is 2.52 bits per heavy atom. The van der Waals surface area contributed by atoms with E-state index < -0.39 is 4.92 Å². The second kappa shape index (κ2) is 9.83. The Balaban J connectivity index is 1.75. The molecule has 0 saturated heterocycles. The molecule has 170 valence electrons. The summed E-state index contributed by atoms with van der Waals surface area (Å²) in [7, 11) is 2.88. The highest BCUT2D eigenvalue weighted by atomic mass is 32.1. The Labute approximate surface area is 195 Å². The highest BCUT2D eigenvalue weighted by molar-refractivity contribution is 7.16. The molecule has 0 saturated carbocycles. The smallest absolute Gasteiger partial charge is 0.282 e. The van der Waals surface area contributed by atoms with E-state index in [-0.39, 0.29) is 22.9 Å². The van der Waals surface area contributed by atoms with Crippen LogP contribution in [0, 0.1) is 10.1 Å². The number of benzene rings is 2. The van der Waals surface area contributed by atoms with Gasteiger partial charge in [0.05, 0.1) is 36.3 Å². The number of hydrogen-bond donors (Lipinski definition) is 1. The minimum Gasteiger partial charge on any atom is -0.493 e. The standard InChI is InChI=1S/C24H23N3O5S/c1-31-19-12-15(18(27(29)30)13-20(19)32-2)14-25-24-22(17-10-6-7-11-21(17)33-24)23(28)26-16-8-4-3-5-9-16/h3-5,8-9,12-14H,6-7,10-11H2,1-2H3,(H,26,28). The van der Waals surface area contributed by atoms with Crippen LogP contribution in [-0.4, -0.2) is 31.3 Å². The molecule has 1 aliphatic carbocycles. The first-order chi connectivity index (χ1) is 16.0. The number of nitrogens with one attached hydrogen (secondary N) is 1. The van der Waals surface area contributed by atoms with Gasteiger partial charge >= 0.3 is 0 Å². The van der Waals surface area contributed by atoms with Gasteiger partial charge in [-0.25, -0.2) is 4.99 Å². The number of nitro benzene ring substituents is 1. The van der Waals surface area contributed by atoms with Crippen LogP contribution in [0.25, 0.3) is 0 Å². The molecule has 1 aromatic heterocycles. The summed E-state index contributed by atoms with van der Waals surface area (Å²) in [5, 5.41) is 15.1. The Kier molecular flexibility index (Phi) is 6.69. The van der Waals surface area contributed by atoms with Crippen LogP contribution in [0.5, 0.6) is 11.5 Å². The normalized spacial score (nSPS) is 12.9. The number of para-hydroxylation sites is 1. The molecule has 1 N–H and O–H groups in total. The van der Waals surface area contributed by atoms with Crippen molar-refractivity contribution in [3.63, 3.8) is 0 Å². The van der Waals surface area contributed by atoms with Gasteiger partial charge in [0.2, 0.25) is 0 Å². The summed E-state index contributed by atoms with van der Waals surface area (Å²) in [4.78, 5) is 30.0. The fraction of sp³-hybridized carbons (Fsp3) is 0.250. The predicted molar refractivity (Wildman–Crippen MR) is 129 cm³/mol. The molecule has 1 aliphatic rings. The van der Waals surface area contributed by atoms with Crippen LogP contribution in [0.15, 0.2) is 47.5 Å². The molecule has 2 aromatic carbocycles. The topological polar surface area (TPSA) is 103 Å². The number of methoxy groups -OCH3 is 2. The van der Waals surface area contributed by atoms with Crippen molar-refractivity contribution in [3.05, 3.63) is 74.1 Å². The number of thiophene rings is 1. The van der Waals surface area contributed by atoms with Crippen LogP contribution in [0.4, 0.5) is 16.4 Å². The minimum absolute atomic E-state index is 0.159. The molecule has 0 unspecified atom stereocenters. The van der Waals surface area contributed by atoms with Crippen molar-refractivity contribution < 1.29 is 19.2 Å². The highest BCUT2D eigenvalue weighted by Gasteiger charge is 2.26. The van der Waals surface area contributed by atoms with Gasteiger partial charge in [0, 0.05) is 16.8 Å². The number of aliphatic imine (C=N–C) groups is 1. The zero-order valence-corrected chi connectivity index (χ0v) is 19.1. The molecule has 0 aliphatic heterocycles. The molecule has 33 heavy (non-hydrogen) atoms. The van der Waals surface area contributed by atoms with E-state index in [1.54, 1.807) is 0 Å². The molecule has 8 nitrogen and oxygen atoms in total. The lowest BCUT2D eigenvalue weighted by atomic mass is 9.95. The first-order valence-corrected chi connectivity index (χ1v) is 11.3. The van der Waals surface area contributed by atoms with Gasteiger partial charge in [-0.05, 0) is 49.4 Å². The third-order valence-corrected chi connectivity index (χ3v) is 6.66. The van der Waals surface area contributed by atoms with E-state index in [1.807, 2.05) is 30.3 Å². The number of rotatable bonds is 7. The molecule has 4 rings (SSSR count). The maximum absolute atomic E-state index is 13.2. The fourth-order valence-electron chi connectivity index (χ4n) is 3.87. The van der Waals surface area contributed by atoms with E-state index in [4.69, 9.17) is 9.47 Å². The second-order valence-electron chi connectivity index (χ2n) is 7.49. The number of fused-ring (bicyclic) bond motifs is 1. The van der Waals surface area contributed by atoms with Gasteiger partial charge in [0.25, 0.3) is 11.6 Å². The van der Waals surface area contributed by atoms with Crippen LogP contribution >= 0.6 is 11.3 Å². The lowest BCUT2D eigenvalue weighted by Gasteiger charge is -2.12. The van der Waals surface area contributed by atoms with E-state index in [0.717, 1.165) is 36.1 Å². The highest BCUT2D eigenvalue weighted by Crippen LogP contribution is 2.41. The summed E-state index contributed by atoms with van der Waals surface area (Å²) < 4.78 is 10.5. The number of ether oxygens (including phenoxy) is 2. The Morgan fingerprint density at radius 1 is 1.12 bits per heavy atom. The first-order valence-electron chi connectivity index (χ1n) is 10.5. The van der Waals surface area contributed by atoms with E-state index in [1.165, 1.54) is 43.9 Å². The van der Waals surface area contributed by atoms with Gasteiger partial charge < -0.3 is 14.8 Å². The number of nitrogens with zero attached hydrogens (tertiary/aromatic N) is 2. The van der Waals surface area contributed by atoms with Gasteiger partial charge in [0.1, 0.15) is 5.00 Å². The second-order valence-corrected chi connectivity index (χ2v) is 8.58. The molecule has 3 aromatic rings. The average molecular weight is 466 g/mol. The van der Waals surface area contributed by atoms with E-state index in [2.05, 4.69) is 10.3 Å². The lowest BCUT2D eigenvalue weighted by Crippen LogP contribution is -2.14. The van der Waals surface area contributed by atoms with Crippen LogP contribution in [-0.2, 0) is 12.8 Å². The van der Waals surface area contributed by atoms with Crippen molar-refractivity contribution in [1.82, 2.24) is 0 Å². The zero-order valence-electron chi connectivity index (χ0n) is 18.3. The molecular weight excluding hydrogens is 442 g/mol. The number of amides is 1. The Morgan fingerprint density at radius 2 is 1.82 bits per heavy atom. The zero-order chi connectivity index (χ0) is 23.4. The monoisotopic (exact) mass is 465 g/mol. The molecule has 0 spiro atoms. The van der Waals surface area contributed by atoms with Gasteiger partial charge in [0.15, 0.2) is 11.5 Å². The van der Waals surface area contributed by atoms with E-state index >= 15 is 0 Å². The number of hydrogen-bond acceptors (Lipinski definition) is 7. The summed E-state index contributed by atoms with van der Waals surface area (Å²) in [5.74, 6) is 0.391. The largest absolute Gasteiger partial charge is 0.493 e. The SMILES string of the molecule is COc1cc(C=Nc2sc3c(c2C(=O)Nc2ccccc2)CCCC3)c([N+](=O)[O-])cc1OC. The van der Waals surface area contributed by atoms with Crippen LogP contribution < -0.4 is 14.8 Å². The van der Waals surface area contributed by atoms with Crippen molar-refractivity contribution in [2.75, 3.05) is 19.5 Å². The lowest BCUT2D eigenvalue weighted by molar-refractivity contribution is -0.385. The molecule has 1 amide bonds. The Bertz CT molecular complexity index is 1220. The minimum atomic E-state index is -0.494. The van der Waals surface area contributed by atoms with Gasteiger partial charge in [-0.2, -0.15) is 0 Å². The summed E-state index contributed by atoms with van der Waals surface area (Å²) in [6, 6.07) is 12.1. The summed E-state index contributed by atoms with van der Waals surface area (Å²) in [5.41, 5.74) is 2.36. The molecule has 0 radical (unpaired) electrons. The number of anilines is 1. The number of nitro groups is 1. The molecule has 9 heteroatoms. The van der Waals surface area contributed by atoms with E-state index in [0.29, 0.717) is 22.0 Å². The Hall–Kier alpha value is -3.72. The number of aryl methyl sites for hydroxylation is 1. The molecular formula is C24H23N3O5S. The van der Waals surface area contributed by atoms with Crippen molar-refractivity contribution in [3.8, 4) is 11.5 Å². The van der Waals surface area contributed by atoms with Crippen LogP contribution in [0.3, 0.4) is 0 Å². The summed E-state index contributed by atoms with van der Waals surface area (Å²) in [6.45, 7) is 0. The van der Waals surface area contributed by atoms with Crippen molar-refractivity contribution in [2.45, 2.75) is 25.7 Å².